The van der Waals surface area contributed by atoms with Crippen molar-refractivity contribution in [3.63, 3.8) is 0 Å². The van der Waals surface area contributed by atoms with Crippen LogP contribution in [0.15, 0.2) is 48.5 Å². The minimum absolute atomic E-state index is 0.245. The number of thiazole rings is 1. The second-order valence-corrected chi connectivity index (χ2v) is 9.86. The molecule has 1 saturated carbocycles. The van der Waals surface area contributed by atoms with Gasteiger partial charge in [0.05, 0.1) is 21.5 Å². The summed E-state index contributed by atoms with van der Waals surface area (Å²) in [7, 11) is 0. The number of anilines is 2. The summed E-state index contributed by atoms with van der Waals surface area (Å²) in [4.78, 5) is 14.6. The molecule has 2 atom stereocenters. The molecule has 33 heavy (non-hydrogen) atoms. The van der Waals surface area contributed by atoms with E-state index in [-0.39, 0.29) is 12.6 Å². The summed E-state index contributed by atoms with van der Waals surface area (Å²) in [6.07, 6.45) is 3.01. The van der Waals surface area contributed by atoms with E-state index in [0.717, 1.165) is 51.6 Å². The molecule has 1 aliphatic carbocycles. The zero-order valence-electron chi connectivity index (χ0n) is 19.0. The number of aryl methyl sites for hydroxylation is 2. The van der Waals surface area contributed by atoms with Gasteiger partial charge in [-0.05, 0) is 62.3 Å². The highest BCUT2D eigenvalue weighted by molar-refractivity contribution is 7.21. The monoisotopic (exact) mass is 459 g/mol. The molecule has 2 aromatic heterocycles. The number of benzene rings is 2. The first-order valence-electron chi connectivity index (χ1n) is 11.5. The van der Waals surface area contributed by atoms with E-state index in [4.69, 9.17) is 15.0 Å². The maximum Gasteiger partial charge on any atom is 0.225 e. The molecule has 0 saturated heterocycles. The molecule has 6 nitrogen and oxygen atoms in total. The van der Waals surface area contributed by atoms with Crippen LogP contribution in [-0.4, -0.2) is 32.7 Å². The number of aromatic nitrogens is 3. The standard InChI is InChI=1S/C26H29N5OS/c1-16-7-3-4-8-19(16)14-27-26-28-17(2)23(25-30-21-9-5-6-10-22(21)33-25)24(31-26)29-20-12-11-18(13-20)15-32/h3-10,18,20,32H,11-15H2,1-2H3,(H2,27,28,29,31)/t18-,20+/m1/s1. The topological polar surface area (TPSA) is 83.0 Å². The van der Waals surface area contributed by atoms with E-state index < -0.39 is 0 Å². The van der Waals surface area contributed by atoms with Crippen LogP contribution in [0.4, 0.5) is 11.8 Å². The van der Waals surface area contributed by atoms with E-state index in [1.807, 2.05) is 25.1 Å². The zero-order chi connectivity index (χ0) is 22.8. The first kappa shape index (κ1) is 21.8. The third kappa shape index (κ3) is 4.70. The van der Waals surface area contributed by atoms with Gasteiger partial charge >= 0.3 is 0 Å². The summed E-state index contributed by atoms with van der Waals surface area (Å²) in [5.74, 6) is 1.78. The summed E-state index contributed by atoms with van der Waals surface area (Å²) < 4.78 is 1.15. The van der Waals surface area contributed by atoms with E-state index >= 15 is 0 Å². The Morgan fingerprint density at radius 3 is 2.61 bits per heavy atom. The lowest BCUT2D eigenvalue weighted by Gasteiger charge is -2.18. The Morgan fingerprint density at radius 1 is 1.00 bits per heavy atom. The van der Waals surface area contributed by atoms with Crippen LogP contribution in [-0.2, 0) is 6.54 Å². The zero-order valence-corrected chi connectivity index (χ0v) is 19.8. The van der Waals surface area contributed by atoms with Crippen LogP contribution in [0, 0.1) is 19.8 Å². The second-order valence-electron chi connectivity index (χ2n) is 8.83. The van der Waals surface area contributed by atoms with Gasteiger partial charge in [0.1, 0.15) is 10.8 Å². The van der Waals surface area contributed by atoms with Crippen molar-refractivity contribution in [1.82, 2.24) is 15.0 Å². The highest BCUT2D eigenvalue weighted by atomic mass is 32.1. The summed E-state index contributed by atoms with van der Waals surface area (Å²) in [6, 6.07) is 16.8. The van der Waals surface area contributed by atoms with Gasteiger partial charge in [0.15, 0.2) is 0 Å². The van der Waals surface area contributed by atoms with Crippen LogP contribution in [0.3, 0.4) is 0 Å². The van der Waals surface area contributed by atoms with Crippen molar-refractivity contribution in [2.45, 2.75) is 45.7 Å². The smallest absolute Gasteiger partial charge is 0.225 e. The Balaban J connectivity index is 1.49. The maximum absolute atomic E-state index is 9.58. The summed E-state index contributed by atoms with van der Waals surface area (Å²) in [5, 5.41) is 17.6. The molecule has 2 heterocycles. The van der Waals surface area contributed by atoms with Gasteiger partial charge in [-0.25, -0.2) is 9.97 Å². The Labute approximate surface area is 198 Å². The van der Waals surface area contributed by atoms with Crippen molar-refractivity contribution >= 4 is 33.3 Å². The Bertz CT molecular complexity index is 1240. The lowest BCUT2D eigenvalue weighted by Crippen LogP contribution is -2.19. The van der Waals surface area contributed by atoms with Gasteiger partial charge in [0, 0.05) is 19.2 Å². The number of nitrogens with zero attached hydrogens (tertiary/aromatic N) is 3. The van der Waals surface area contributed by atoms with Crippen molar-refractivity contribution in [3.05, 3.63) is 65.4 Å². The molecule has 1 fully saturated rings. The van der Waals surface area contributed by atoms with Crippen molar-refractivity contribution in [2.24, 2.45) is 5.92 Å². The fraction of sp³-hybridized carbons (Fsp3) is 0.346. The number of fused-ring (bicyclic) bond motifs is 1. The van der Waals surface area contributed by atoms with Crippen LogP contribution in [0.5, 0.6) is 0 Å². The SMILES string of the molecule is Cc1ccccc1CNc1nc(C)c(-c2nc3ccccc3s2)c(N[C@H]2CC[C@@H](CO)C2)n1. The van der Waals surface area contributed by atoms with Crippen LogP contribution in [0.1, 0.15) is 36.1 Å². The highest BCUT2D eigenvalue weighted by Crippen LogP contribution is 2.37. The summed E-state index contributed by atoms with van der Waals surface area (Å²) >= 11 is 1.67. The Morgan fingerprint density at radius 2 is 1.82 bits per heavy atom. The van der Waals surface area contributed by atoms with Gasteiger partial charge in [-0.3, -0.25) is 0 Å². The summed E-state index contributed by atoms with van der Waals surface area (Å²) in [6.45, 7) is 5.05. The second kappa shape index (κ2) is 9.45. The van der Waals surface area contributed by atoms with Crippen molar-refractivity contribution in [2.75, 3.05) is 17.2 Å². The fourth-order valence-corrected chi connectivity index (χ4v) is 5.60. The Kier molecular flexibility index (Phi) is 6.24. The first-order chi connectivity index (χ1) is 16.1. The fourth-order valence-electron chi connectivity index (χ4n) is 4.54. The van der Waals surface area contributed by atoms with E-state index in [1.54, 1.807) is 11.3 Å². The normalized spacial score (nSPS) is 18.0. The maximum atomic E-state index is 9.58. The van der Waals surface area contributed by atoms with Gasteiger partial charge in [-0.1, -0.05) is 36.4 Å². The third-order valence-electron chi connectivity index (χ3n) is 6.44. The number of hydrogen-bond acceptors (Lipinski definition) is 7. The number of nitrogens with one attached hydrogen (secondary N) is 2. The van der Waals surface area contributed by atoms with Gasteiger partial charge in [0.2, 0.25) is 5.95 Å². The molecule has 0 spiro atoms. The molecular weight excluding hydrogens is 430 g/mol. The van der Waals surface area contributed by atoms with Crippen molar-refractivity contribution < 1.29 is 5.11 Å². The highest BCUT2D eigenvalue weighted by Gasteiger charge is 2.26. The quantitative estimate of drug-likeness (QED) is 0.336. The summed E-state index contributed by atoms with van der Waals surface area (Å²) in [5.41, 5.74) is 5.32. The molecule has 0 aliphatic heterocycles. The van der Waals surface area contributed by atoms with Crippen molar-refractivity contribution in [1.29, 1.82) is 0 Å². The average Bonchev–Trinajstić information content (AvgIpc) is 3.45. The number of hydrogen-bond donors (Lipinski definition) is 3. The molecule has 1 aliphatic rings. The molecule has 5 rings (SSSR count). The Hall–Kier alpha value is -3.03. The molecule has 0 unspecified atom stereocenters. The first-order valence-corrected chi connectivity index (χ1v) is 12.3. The average molecular weight is 460 g/mol. The van der Waals surface area contributed by atoms with Crippen molar-refractivity contribution in [3.8, 4) is 10.6 Å². The minimum Gasteiger partial charge on any atom is -0.396 e. The molecule has 0 amide bonds. The van der Waals surface area contributed by atoms with E-state index in [1.165, 1.54) is 11.1 Å². The lowest BCUT2D eigenvalue weighted by molar-refractivity contribution is 0.229. The molecule has 4 aromatic rings. The van der Waals surface area contributed by atoms with Gasteiger partial charge in [-0.2, -0.15) is 4.98 Å². The van der Waals surface area contributed by atoms with Crippen LogP contribution < -0.4 is 10.6 Å². The number of aliphatic hydroxyl groups is 1. The molecule has 3 N–H and O–H groups in total. The predicted octanol–water partition coefficient (Wildman–Crippen LogP) is 5.56. The molecule has 0 bridgehead atoms. The number of para-hydroxylation sites is 1. The molecule has 2 aromatic carbocycles. The van der Waals surface area contributed by atoms with Crippen LogP contribution in [0.25, 0.3) is 20.8 Å². The predicted molar refractivity (Wildman–Crippen MR) is 136 cm³/mol. The third-order valence-corrected chi connectivity index (χ3v) is 7.49. The molecule has 7 heteroatoms. The number of aliphatic hydroxyl groups excluding tert-OH is 1. The minimum atomic E-state index is 0.245. The molecule has 170 valence electrons. The van der Waals surface area contributed by atoms with Crippen LogP contribution in [0.2, 0.25) is 0 Å². The van der Waals surface area contributed by atoms with E-state index in [2.05, 4.69) is 47.9 Å². The number of rotatable bonds is 7. The van der Waals surface area contributed by atoms with Gasteiger partial charge in [-0.15, -0.1) is 11.3 Å². The van der Waals surface area contributed by atoms with Gasteiger partial charge in [0.25, 0.3) is 0 Å². The van der Waals surface area contributed by atoms with E-state index in [9.17, 15) is 5.11 Å². The molecule has 0 radical (unpaired) electrons. The van der Waals surface area contributed by atoms with Crippen LogP contribution >= 0.6 is 11.3 Å². The van der Waals surface area contributed by atoms with E-state index in [0.29, 0.717) is 18.4 Å². The molecular formula is C26H29N5OS. The lowest BCUT2D eigenvalue weighted by atomic mass is 10.1. The largest absolute Gasteiger partial charge is 0.396 e. The van der Waals surface area contributed by atoms with Gasteiger partial charge < -0.3 is 15.7 Å².